The number of hydrogen-bond acceptors (Lipinski definition) is 2. The molecule has 0 amide bonds. The van der Waals surface area contributed by atoms with E-state index in [9.17, 15) is 4.79 Å². The molecule has 0 aliphatic heterocycles. The van der Waals surface area contributed by atoms with Gasteiger partial charge >= 0.3 is 35.5 Å². The van der Waals surface area contributed by atoms with Crippen LogP contribution in [0.15, 0.2) is 12.2 Å². The number of quaternary nitrogens is 1. The molecule has 0 aromatic carbocycles. The second kappa shape index (κ2) is 7.71. The third kappa shape index (κ3) is 7.83. The summed E-state index contributed by atoms with van der Waals surface area (Å²) in [6.07, 6.45) is -0.144. The molecule has 0 heterocycles. The Kier molecular flexibility index (Phi) is 11.0. The van der Waals surface area contributed by atoms with Gasteiger partial charge in [-0.3, -0.25) is 4.48 Å². The van der Waals surface area contributed by atoms with Gasteiger partial charge in [-0.25, -0.2) is 4.79 Å². The predicted octanol–water partition coefficient (Wildman–Crippen LogP) is 0.931. The SMILES string of the molecule is C=C(C)C(=O)OC(C)[N+](C)(C)C.Cl.[NaH]. The molecule has 0 saturated heterocycles. The molecule has 14 heavy (non-hydrogen) atoms. The minimum atomic E-state index is -0.324. The average Bonchev–Trinajstić information content (AvgIpc) is 1.85. The van der Waals surface area contributed by atoms with Gasteiger partial charge in [-0.1, -0.05) is 6.58 Å². The summed E-state index contributed by atoms with van der Waals surface area (Å²) in [6.45, 7) is 7.01. The van der Waals surface area contributed by atoms with E-state index in [-0.39, 0.29) is 54.2 Å². The van der Waals surface area contributed by atoms with Crippen LogP contribution in [0.3, 0.4) is 0 Å². The third-order valence-corrected chi connectivity index (χ3v) is 1.72. The molecule has 0 rings (SSSR count). The van der Waals surface area contributed by atoms with Crippen LogP contribution in [0.2, 0.25) is 0 Å². The summed E-state index contributed by atoms with van der Waals surface area (Å²) >= 11 is 0. The van der Waals surface area contributed by atoms with Gasteiger partial charge in [0.15, 0.2) is 0 Å². The summed E-state index contributed by atoms with van der Waals surface area (Å²) in [5.41, 5.74) is 0.440. The number of carbonyl (C=O) groups is 1. The molecule has 3 nitrogen and oxygen atoms in total. The molecule has 1 atom stereocenters. The second-order valence-corrected chi connectivity index (χ2v) is 3.90. The van der Waals surface area contributed by atoms with E-state index in [1.54, 1.807) is 6.92 Å². The van der Waals surface area contributed by atoms with Crippen molar-refractivity contribution in [2.24, 2.45) is 0 Å². The van der Waals surface area contributed by atoms with E-state index in [0.29, 0.717) is 10.1 Å². The summed E-state index contributed by atoms with van der Waals surface area (Å²) in [7, 11) is 5.91. The molecular formula is C9H20ClNNaO2+. The minimum absolute atomic E-state index is 0. The topological polar surface area (TPSA) is 26.3 Å². The third-order valence-electron chi connectivity index (χ3n) is 1.72. The number of hydrogen-bond donors (Lipinski definition) is 0. The van der Waals surface area contributed by atoms with E-state index >= 15 is 0 Å². The van der Waals surface area contributed by atoms with Crippen molar-refractivity contribution in [3.05, 3.63) is 12.2 Å². The zero-order valence-electron chi connectivity index (χ0n) is 8.96. The number of rotatable bonds is 3. The molecular weight excluding hydrogens is 213 g/mol. The van der Waals surface area contributed by atoms with Gasteiger partial charge < -0.3 is 4.74 Å². The van der Waals surface area contributed by atoms with Gasteiger partial charge in [0.25, 0.3) is 0 Å². The quantitative estimate of drug-likeness (QED) is 0.238. The van der Waals surface area contributed by atoms with E-state index in [0.717, 1.165) is 0 Å². The van der Waals surface area contributed by atoms with E-state index < -0.39 is 0 Å². The monoisotopic (exact) mass is 232 g/mol. The van der Waals surface area contributed by atoms with E-state index in [1.807, 2.05) is 28.1 Å². The molecule has 0 radical (unpaired) electrons. The molecule has 0 spiro atoms. The van der Waals surface area contributed by atoms with Gasteiger partial charge in [-0.15, -0.1) is 12.4 Å². The molecule has 5 heteroatoms. The van der Waals surface area contributed by atoms with E-state index in [1.165, 1.54) is 0 Å². The Morgan fingerprint density at radius 1 is 1.36 bits per heavy atom. The predicted molar refractivity (Wildman–Crippen MR) is 62.8 cm³/mol. The first-order chi connectivity index (χ1) is 5.25. The standard InChI is InChI=1S/C9H18NO2.ClH.Na.H/c1-7(2)9(11)12-8(3)10(4,5)6;;;/h8H,1H2,2-6H3;1H;;/q+1;;;. The average molecular weight is 233 g/mol. The number of carbonyl (C=O) groups excluding carboxylic acids is 1. The van der Waals surface area contributed by atoms with Gasteiger partial charge in [0.05, 0.1) is 21.1 Å². The molecule has 0 N–H and O–H groups in total. The van der Waals surface area contributed by atoms with Gasteiger partial charge in [-0.05, 0) is 6.92 Å². The van der Waals surface area contributed by atoms with Crippen LogP contribution in [0.5, 0.6) is 0 Å². The summed E-state index contributed by atoms with van der Waals surface area (Å²) in [5, 5.41) is 0. The Bertz CT molecular complexity index is 201. The summed E-state index contributed by atoms with van der Waals surface area (Å²) < 4.78 is 5.71. The van der Waals surface area contributed by atoms with Crippen LogP contribution < -0.4 is 0 Å². The number of nitrogens with zero attached hydrogens (tertiary/aromatic N) is 1. The Hall–Kier alpha value is 0.460. The van der Waals surface area contributed by atoms with Crippen LogP contribution >= 0.6 is 12.4 Å². The first-order valence-corrected chi connectivity index (χ1v) is 3.92. The van der Waals surface area contributed by atoms with Gasteiger partial charge in [-0.2, -0.15) is 0 Å². The fourth-order valence-electron chi connectivity index (χ4n) is 0.414. The Balaban J connectivity index is -0.000000605. The zero-order valence-corrected chi connectivity index (χ0v) is 9.77. The molecule has 0 aromatic heterocycles. The summed E-state index contributed by atoms with van der Waals surface area (Å²) in [6, 6.07) is 0. The van der Waals surface area contributed by atoms with Crippen LogP contribution in [-0.2, 0) is 9.53 Å². The van der Waals surface area contributed by atoms with Gasteiger partial charge in [0, 0.05) is 12.5 Å². The van der Waals surface area contributed by atoms with Crippen LogP contribution in [-0.4, -0.2) is 67.4 Å². The maximum absolute atomic E-state index is 11.1. The van der Waals surface area contributed by atoms with Crippen molar-refractivity contribution in [2.45, 2.75) is 20.1 Å². The number of halogens is 1. The molecule has 0 aliphatic carbocycles. The number of ether oxygens (including phenoxy) is 1. The fourth-order valence-corrected chi connectivity index (χ4v) is 0.414. The van der Waals surface area contributed by atoms with Crippen molar-refractivity contribution in [2.75, 3.05) is 21.1 Å². The van der Waals surface area contributed by atoms with Gasteiger partial charge in [0.2, 0.25) is 6.23 Å². The molecule has 0 fully saturated rings. The summed E-state index contributed by atoms with van der Waals surface area (Å²) in [5.74, 6) is -0.324. The molecule has 0 bridgehead atoms. The van der Waals surface area contributed by atoms with E-state index in [2.05, 4.69) is 6.58 Å². The Labute approximate surface area is 115 Å². The van der Waals surface area contributed by atoms with Gasteiger partial charge in [0.1, 0.15) is 0 Å². The van der Waals surface area contributed by atoms with Crippen LogP contribution in [0, 0.1) is 0 Å². The first-order valence-electron chi connectivity index (χ1n) is 3.92. The van der Waals surface area contributed by atoms with Crippen molar-refractivity contribution in [1.29, 1.82) is 0 Å². The maximum atomic E-state index is 11.1. The molecule has 0 saturated carbocycles. The van der Waals surface area contributed by atoms with Crippen LogP contribution in [0.4, 0.5) is 0 Å². The van der Waals surface area contributed by atoms with Crippen molar-refractivity contribution in [3.8, 4) is 0 Å². The second-order valence-electron chi connectivity index (χ2n) is 3.90. The molecule has 1 unspecified atom stereocenters. The fraction of sp³-hybridized carbons (Fsp3) is 0.667. The summed E-state index contributed by atoms with van der Waals surface area (Å²) in [4.78, 5) is 11.1. The Morgan fingerprint density at radius 3 is 1.93 bits per heavy atom. The van der Waals surface area contributed by atoms with Crippen molar-refractivity contribution in [1.82, 2.24) is 0 Å². The molecule has 0 aliphatic rings. The zero-order chi connectivity index (χ0) is 9.94. The van der Waals surface area contributed by atoms with Crippen LogP contribution in [0.25, 0.3) is 0 Å². The van der Waals surface area contributed by atoms with Crippen molar-refractivity contribution >= 4 is 47.9 Å². The normalized spacial score (nSPS) is 11.8. The van der Waals surface area contributed by atoms with Crippen molar-refractivity contribution < 1.29 is 14.0 Å². The van der Waals surface area contributed by atoms with E-state index in [4.69, 9.17) is 4.74 Å². The number of esters is 1. The van der Waals surface area contributed by atoms with Crippen molar-refractivity contribution in [3.63, 3.8) is 0 Å². The molecule has 80 valence electrons. The Morgan fingerprint density at radius 2 is 1.71 bits per heavy atom. The molecule has 0 aromatic rings. The first kappa shape index (κ1) is 19.9. The van der Waals surface area contributed by atoms with Crippen LogP contribution in [0.1, 0.15) is 13.8 Å².